The molecule has 4 fully saturated rings. The molecule has 0 heterocycles. The highest BCUT2D eigenvalue weighted by Crippen LogP contribution is 2.65. The zero-order chi connectivity index (χ0) is 30.5. The molecule has 12 heteroatoms. The first-order valence-electron chi connectivity index (χ1n) is 14.7. The lowest BCUT2D eigenvalue weighted by Gasteiger charge is -2.62. The van der Waals surface area contributed by atoms with Crippen LogP contribution in [-0.2, 0) is 34.0 Å². The Bertz CT molecular complexity index is 1190. The molecule has 0 aliphatic heterocycles. The van der Waals surface area contributed by atoms with Crippen LogP contribution in [0, 0.1) is 46.3 Å². The van der Waals surface area contributed by atoms with E-state index in [2.05, 4.69) is 6.92 Å². The molecule has 4 rings (SSSR count). The predicted molar refractivity (Wildman–Crippen MR) is 141 cm³/mol. The second kappa shape index (κ2) is 11.4. The predicted octanol–water partition coefficient (Wildman–Crippen LogP) is 5.13. The molecular formula is C29H41F3O8S. The molecule has 41 heavy (non-hydrogen) atoms. The largest absolute Gasteiger partial charge is 0.466 e. The highest BCUT2D eigenvalue weighted by molar-refractivity contribution is 7.86. The second-order valence-corrected chi connectivity index (χ2v) is 14.8. The molecule has 8 nitrogen and oxygen atoms in total. The van der Waals surface area contributed by atoms with Crippen LogP contribution in [0.1, 0.15) is 91.4 Å². The molecule has 4 aliphatic rings. The zero-order valence-corrected chi connectivity index (χ0v) is 24.7. The van der Waals surface area contributed by atoms with Crippen molar-refractivity contribution in [3.05, 3.63) is 0 Å². The third-order valence-corrected chi connectivity index (χ3v) is 12.2. The fourth-order valence-corrected chi connectivity index (χ4v) is 9.25. The maximum absolute atomic E-state index is 14.0. The summed E-state index contributed by atoms with van der Waals surface area (Å²) in [5.74, 6) is -0.828. The van der Waals surface area contributed by atoms with Gasteiger partial charge in [0.1, 0.15) is 17.3 Å². The average molecular weight is 607 g/mol. The van der Waals surface area contributed by atoms with E-state index in [1.54, 1.807) is 0 Å². The summed E-state index contributed by atoms with van der Waals surface area (Å²) in [5.41, 5.74) is -0.940. The van der Waals surface area contributed by atoms with E-state index in [1.807, 2.05) is 13.8 Å². The third-order valence-electron chi connectivity index (χ3n) is 11.3. The van der Waals surface area contributed by atoms with E-state index >= 15 is 0 Å². The number of hydrogen-bond acceptors (Lipinski definition) is 7. The summed E-state index contributed by atoms with van der Waals surface area (Å²) in [6.07, 6.45) is 0.594. The minimum absolute atomic E-state index is 0.00840. The van der Waals surface area contributed by atoms with Gasteiger partial charge in [0.05, 0.1) is 6.61 Å². The van der Waals surface area contributed by atoms with Crippen LogP contribution in [0.15, 0.2) is 0 Å². The molecule has 9 atom stereocenters. The van der Waals surface area contributed by atoms with Crippen LogP contribution in [0.2, 0.25) is 0 Å². The Hall–Kier alpha value is -1.82. The van der Waals surface area contributed by atoms with Crippen LogP contribution in [0.25, 0.3) is 0 Å². The fraction of sp³-hybridized carbons (Fsp3) is 0.862. The fourth-order valence-electron chi connectivity index (χ4n) is 8.81. The quantitative estimate of drug-likeness (QED) is 0.282. The summed E-state index contributed by atoms with van der Waals surface area (Å²) in [6, 6.07) is 0. The van der Waals surface area contributed by atoms with E-state index < -0.39 is 46.0 Å². The number of ether oxygens (including phenoxy) is 1. The van der Waals surface area contributed by atoms with Gasteiger partial charge in [-0.05, 0) is 60.7 Å². The van der Waals surface area contributed by atoms with E-state index in [-0.39, 0.29) is 64.7 Å². The van der Waals surface area contributed by atoms with Crippen molar-refractivity contribution in [3.8, 4) is 0 Å². The van der Waals surface area contributed by atoms with Gasteiger partial charge in [0.15, 0.2) is 6.17 Å². The van der Waals surface area contributed by atoms with E-state index in [0.29, 0.717) is 38.5 Å². The minimum Gasteiger partial charge on any atom is -0.466 e. The molecule has 0 amide bonds. The van der Waals surface area contributed by atoms with E-state index in [1.165, 1.54) is 0 Å². The molecule has 0 bridgehead atoms. The lowest BCUT2D eigenvalue weighted by atomic mass is 9.40. The van der Waals surface area contributed by atoms with Gasteiger partial charge >= 0.3 is 21.3 Å². The Labute approximate surface area is 239 Å². The molecule has 232 valence electrons. The third kappa shape index (κ3) is 5.63. The first-order valence-corrected chi connectivity index (χ1v) is 16.1. The molecule has 4 saturated carbocycles. The van der Waals surface area contributed by atoms with E-state index in [0.717, 1.165) is 19.3 Å². The number of alkyl halides is 3. The van der Waals surface area contributed by atoms with Crippen molar-refractivity contribution in [2.24, 2.45) is 46.3 Å². The van der Waals surface area contributed by atoms with Gasteiger partial charge in [-0.2, -0.15) is 17.2 Å². The van der Waals surface area contributed by atoms with E-state index in [4.69, 9.17) is 9.29 Å². The number of hydrogen-bond donors (Lipinski definition) is 1. The molecule has 1 N–H and O–H groups in total. The van der Waals surface area contributed by atoms with Crippen molar-refractivity contribution < 1.29 is 50.1 Å². The number of Topliss-reactive ketones (excluding diaryl/α,β-unsaturated/α-hetero) is 3. The van der Waals surface area contributed by atoms with Crippen molar-refractivity contribution in [1.29, 1.82) is 0 Å². The van der Waals surface area contributed by atoms with Crippen LogP contribution in [0.4, 0.5) is 13.2 Å². The summed E-state index contributed by atoms with van der Waals surface area (Å²) in [6.45, 7) is 5.30. The summed E-state index contributed by atoms with van der Waals surface area (Å²) >= 11 is 0. The van der Waals surface area contributed by atoms with Gasteiger partial charge in [0.25, 0.3) is 0 Å². The van der Waals surface area contributed by atoms with E-state index in [9.17, 15) is 40.8 Å². The van der Waals surface area contributed by atoms with Gasteiger partial charge in [-0.3, -0.25) is 23.7 Å². The van der Waals surface area contributed by atoms with Gasteiger partial charge in [0.2, 0.25) is 0 Å². The van der Waals surface area contributed by atoms with Gasteiger partial charge in [-0.25, -0.2) is 4.39 Å². The van der Waals surface area contributed by atoms with Crippen LogP contribution >= 0.6 is 0 Å². The molecule has 0 aromatic rings. The molecular weight excluding hydrogens is 565 g/mol. The van der Waals surface area contributed by atoms with Crippen molar-refractivity contribution in [1.82, 2.24) is 0 Å². The summed E-state index contributed by atoms with van der Waals surface area (Å²) < 4.78 is 75.0. The lowest BCUT2D eigenvalue weighted by Crippen LogP contribution is -2.62. The minimum atomic E-state index is -5.94. The van der Waals surface area contributed by atoms with Crippen LogP contribution in [-0.4, -0.2) is 54.3 Å². The Morgan fingerprint density at radius 2 is 1.78 bits per heavy atom. The maximum Gasteiger partial charge on any atom is 0.400 e. The molecule has 0 aromatic heterocycles. The maximum atomic E-state index is 14.0. The standard InChI is InChI=1S/C29H41F3O8S/c1-16(7-8-25(36)40-12-10-23(30)29(31,32)41(37,38)39)19-5-4-6-20-26-21(15-24(35)28(19,20)3)27(2)11-9-18(33)13-17(27)14-22(26)34/h16-17,19-21,23,26H,4-15H2,1-3H3,(H,37,38,39)/t16-,17?,19-,20?,21?,23?,26?,27+,28-/m1/s1. The van der Waals surface area contributed by atoms with Crippen LogP contribution in [0.5, 0.6) is 0 Å². The Morgan fingerprint density at radius 1 is 1.10 bits per heavy atom. The second-order valence-electron chi connectivity index (χ2n) is 13.3. The number of ketones is 3. The van der Waals surface area contributed by atoms with Gasteiger partial charge < -0.3 is 4.74 Å². The average Bonchev–Trinajstić information content (AvgIpc) is 2.88. The molecule has 0 radical (unpaired) electrons. The Morgan fingerprint density at radius 3 is 2.44 bits per heavy atom. The first kappa shape index (κ1) is 32.1. The van der Waals surface area contributed by atoms with Crippen molar-refractivity contribution >= 4 is 33.4 Å². The number of halogens is 3. The smallest absolute Gasteiger partial charge is 0.400 e. The van der Waals surface area contributed by atoms with Crippen LogP contribution < -0.4 is 0 Å². The highest BCUT2D eigenvalue weighted by Gasteiger charge is 2.65. The van der Waals surface area contributed by atoms with Crippen molar-refractivity contribution in [3.63, 3.8) is 0 Å². The van der Waals surface area contributed by atoms with Crippen LogP contribution in [0.3, 0.4) is 0 Å². The number of carbonyl (C=O) groups excluding carboxylic acids is 4. The zero-order valence-electron chi connectivity index (χ0n) is 23.9. The number of carbonyl (C=O) groups is 4. The molecule has 0 saturated heterocycles. The van der Waals surface area contributed by atoms with Gasteiger partial charge in [-0.1, -0.05) is 27.2 Å². The van der Waals surface area contributed by atoms with Gasteiger partial charge in [-0.15, -0.1) is 0 Å². The van der Waals surface area contributed by atoms with Gasteiger partial charge in [0, 0.05) is 49.9 Å². The normalized spacial score (nSPS) is 37.4. The monoisotopic (exact) mass is 606 g/mol. The highest BCUT2D eigenvalue weighted by atomic mass is 32.2. The van der Waals surface area contributed by atoms with Crippen molar-refractivity contribution in [2.75, 3.05) is 6.61 Å². The topological polar surface area (TPSA) is 132 Å². The Kier molecular flexibility index (Phi) is 8.89. The lowest BCUT2D eigenvalue weighted by molar-refractivity contribution is -0.177. The Balaban J connectivity index is 1.39. The number of esters is 1. The first-order chi connectivity index (χ1) is 18.9. The molecule has 0 aromatic carbocycles. The summed E-state index contributed by atoms with van der Waals surface area (Å²) in [7, 11) is -5.94. The molecule has 0 spiro atoms. The summed E-state index contributed by atoms with van der Waals surface area (Å²) in [4.78, 5) is 52.0. The summed E-state index contributed by atoms with van der Waals surface area (Å²) in [5, 5.41) is -5.00. The molecule has 5 unspecified atom stereocenters. The SMILES string of the molecule is C[C@H](CCC(=O)OCCC(F)C(F)(F)S(=O)(=O)O)[C@H]1CCCC2C3C(=O)CC4CC(=O)CC[C@]4(C)C3CC(=O)[C@@]21C. The number of rotatable bonds is 9. The van der Waals surface area contributed by atoms with Crippen molar-refractivity contribution in [2.45, 2.75) is 103 Å². The molecule has 4 aliphatic carbocycles. The number of fused-ring (bicyclic) bond motifs is 5.